The maximum absolute atomic E-state index is 12.9. The van der Waals surface area contributed by atoms with Gasteiger partial charge in [0.1, 0.15) is 5.69 Å². The van der Waals surface area contributed by atoms with Crippen LogP contribution in [0, 0.1) is 0 Å². The highest BCUT2D eigenvalue weighted by Crippen LogP contribution is 2.26. The van der Waals surface area contributed by atoms with Crippen molar-refractivity contribution >= 4 is 5.91 Å². The normalized spacial score (nSPS) is 16.3. The number of carbonyl (C=O) groups excluding carboxylic acids is 1. The quantitative estimate of drug-likeness (QED) is 0.535. The lowest BCUT2D eigenvalue weighted by Crippen LogP contribution is -2.29. The molecule has 1 atom stereocenters. The van der Waals surface area contributed by atoms with Crippen molar-refractivity contribution in [2.24, 2.45) is 0 Å². The Morgan fingerprint density at radius 3 is 2.48 bits per heavy atom. The highest BCUT2D eigenvalue weighted by Gasteiger charge is 2.30. The van der Waals surface area contributed by atoms with Gasteiger partial charge < -0.3 is 9.42 Å². The van der Waals surface area contributed by atoms with Gasteiger partial charge >= 0.3 is 0 Å². The Kier molecular flexibility index (Phi) is 4.40. The van der Waals surface area contributed by atoms with Crippen molar-refractivity contribution in [3.05, 3.63) is 78.6 Å². The van der Waals surface area contributed by atoms with Crippen LogP contribution < -0.4 is 0 Å². The Hall–Kier alpha value is -3.74. The lowest BCUT2D eigenvalue weighted by atomic mass is 10.1. The Morgan fingerprint density at radius 2 is 1.72 bits per heavy atom. The maximum Gasteiger partial charge on any atom is 0.276 e. The van der Waals surface area contributed by atoms with E-state index in [0.29, 0.717) is 24.5 Å². The molecular weight excluding hydrogens is 366 g/mol. The lowest BCUT2D eigenvalue weighted by Gasteiger charge is -2.14. The van der Waals surface area contributed by atoms with E-state index in [9.17, 15) is 4.79 Å². The zero-order valence-corrected chi connectivity index (χ0v) is 15.7. The number of carbonyl (C=O) groups is 1. The molecule has 1 unspecified atom stereocenters. The molecule has 29 heavy (non-hydrogen) atoms. The average Bonchev–Trinajstić information content (AvgIpc) is 3.55. The summed E-state index contributed by atoms with van der Waals surface area (Å²) in [5.41, 5.74) is 3.09. The van der Waals surface area contributed by atoms with Crippen LogP contribution in [0.2, 0.25) is 0 Å². The van der Waals surface area contributed by atoms with Crippen LogP contribution in [0.25, 0.3) is 22.6 Å². The van der Waals surface area contributed by atoms with E-state index in [1.165, 1.54) is 0 Å². The molecule has 0 radical (unpaired) electrons. The summed E-state index contributed by atoms with van der Waals surface area (Å²) >= 11 is 0. The second-order valence-corrected chi connectivity index (χ2v) is 7.09. The molecule has 0 spiro atoms. The van der Waals surface area contributed by atoms with Gasteiger partial charge in [-0.2, -0.15) is 0 Å². The van der Waals surface area contributed by atoms with Crippen molar-refractivity contribution in [2.45, 2.75) is 12.5 Å². The molecule has 1 amide bonds. The summed E-state index contributed by atoms with van der Waals surface area (Å²) in [7, 11) is 0. The largest absolute Gasteiger partial charge is 0.355 e. The van der Waals surface area contributed by atoms with Crippen molar-refractivity contribution in [1.82, 2.24) is 25.1 Å². The molecule has 7 nitrogen and oxygen atoms in total. The molecule has 2 aromatic carbocycles. The first-order chi connectivity index (χ1) is 14.3. The van der Waals surface area contributed by atoms with Crippen LogP contribution in [0.3, 0.4) is 0 Å². The van der Waals surface area contributed by atoms with E-state index in [1.807, 2.05) is 71.5 Å². The van der Waals surface area contributed by atoms with Gasteiger partial charge in [0.2, 0.25) is 0 Å². The molecule has 1 saturated heterocycles. The monoisotopic (exact) mass is 385 g/mol. The van der Waals surface area contributed by atoms with Crippen LogP contribution in [-0.4, -0.2) is 44.0 Å². The maximum atomic E-state index is 12.9. The highest BCUT2D eigenvalue weighted by molar-refractivity contribution is 5.93. The van der Waals surface area contributed by atoms with E-state index < -0.39 is 0 Å². The fraction of sp³-hybridized carbons (Fsp3) is 0.182. The molecule has 3 heterocycles. The topological polar surface area (TPSA) is 77.0 Å². The van der Waals surface area contributed by atoms with Gasteiger partial charge in [-0.25, -0.2) is 4.68 Å². The molecular formula is C22H19N5O2. The summed E-state index contributed by atoms with van der Waals surface area (Å²) in [6, 6.07) is 21.4. The minimum absolute atomic E-state index is 0.101. The first kappa shape index (κ1) is 17.4. The van der Waals surface area contributed by atoms with E-state index in [1.54, 1.807) is 11.0 Å². The summed E-state index contributed by atoms with van der Waals surface area (Å²) < 4.78 is 7.23. The molecule has 0 N–H and O–H groups in total. The lowest BCUT2D eigenvalue weighted by molar-refractivity contribution is 0.0776. The zero-order chi connectivity index (χ0) is 19.6. The molecule has 1 aliphatic heterocycles. The Morgan fingerprint density at radius 1 is 1.00 bits per heavy atom. The summed E-state index contributed by atoms with van der Waals surface area (Å²) in [6.07, 6.45) is 2.77. The molecule has 1 aliphatic rings. The molecule has 144 valence electrons. The molecule has 4 aromatic rings. The molecule has 1 fully saturated rings. The predicted octanol–water partition coefficient (Wildman–Crippen LogP) is 3.69. The van der Waals surface area contributed by atoms with E-state index >= 15 is 0 Å². The molecule has 0 aliphatic carbocycles. The van der Waals surface area contributed by atoms with Crippen LogP contribution in [0.4, 0.5) is 0 Å². The first-order valence-electron chi connectivity index (χ1n) is 9.56. The third-order valence-electron chi connectivity index (χ3n) is 5.19. The number of rotatable bonds is 4. The average molecular weight is 385 g/mol. The van der Waals surface area contributed by atoms with Gasteiger partial charge in [0.15, 0.2) is 11.5 Å². The van der Waals surface area contributed by atoms with Crippen LogP contribution >= 0.6 is 0 Å². The number of aromatic nitrogens is 4. The summed E-state index contributed by atoms with van der Waals surface area (Å²) in [6.45, 7) is 1.22. The van der Waals surface area contributed by atoms with Crippen LogP contribution in [-0.2, 0) is 0 Å². The minimum atomic E-state index is -0.123. The standard InChI is InChI=1S/C22H19N5O2/c28-22(19-13-21(29-24-19)17-9-5-2-6-10-17)26-12-11-18(14-26)27-15-20(23-25-27)16-7-3-1-4-8-16/h1-10,13,15,18H,11-12,14H2. The van der Waals surface area contributed by atoms with E-state index in [0.717, 1.165) is 23.2 Å². The molecule has 0 bridgehead atoms. The fourth-order valence-corrected chi connectivity index (χ4v) is 3.62. The number of benzene rings is 2. The summed E-state index contributed by atoms with van der Waals surface area (Å²) in [5, 5.41) is 12.5. The number of likely N-dealkylation sites (tertiary alicyclic amines) is 1. The molecule has 0 saturated carbocycles. The SMILES string of the molecule is O=C(c1cc(-c2ccccc2)on1)N1CCC(n2cc(-c3ccccc3)nn2)C1. The third kappa shape index (κ3) is 3.42. The van der Waals surface area contributed by atoms with Crippen LogP contribution in [0.15, 0.2) is 77.4 Å². The van der Waals surface area contributed by atoms with Gasteiger partial charge in [-0.05, 0) is 6.42 Å². The van der Waals surface area contributed by atoms with Gasteiger partial charge in [-0.3, -0.25) is 4.79 Å². The Balaban J connectivity index is 1.28. The van der Waals surface area contributed by atoms with Crippen molar-refractivity contribution < 1.29 is 9.32 Å². The number of hydrogen-bond donors (Lipinski definition) is 0. The minimum Gasteiger partial charge on any atom is -0.355 e. The van der Waals surface area contributed by atoms with Crippen molar-refractivity contribution in [3.8, 4) is 22.6 Å². The second kappa shape index (κ2) is 7.35. The fourth-order valence-electron chi connectivity index (χ4n) is 3.62. The van der Waals surface area contributed by atoms with Crippen molar-refractivity contribution in [1.29, 1.82) is 0 Å². The van der Waals surface area contributed by atoms with Gasteiger partial charge in [-0.15, -0.1) is 5.10 Å². The van der Waals surface area contributed by atoms with Gasteiger partial charge in [0.25, 0.3) is 5.91 Å². The third-order valence-corrected chi connectivity index (χ3v) is 5.19. The van der Waals surface area contributed by atoms with E-state index in [-0.39, 0.29) is 11.9 Å². The van der Waals surface area contributed by atoms with Crippen LogP contribution in [0.1, 0.15) is 23.0 Å². The van der Waals surface area contributed by atoms with Crippen LogP contribution in [0.5, 0.6) is 0 Å². The highest BCUT2D eigenvalue weighted by atomic mass is 16.5. The Bertz CT molecular complexity index is 1120. The molecule has 7 heteroatoms. The summed E-state index contributed by atoms with van der Waals surface area (Å²) in [4.78, 5) is 14.6. The van der Waals surface area contributed by atoms with Crippen molar-refractivity contribution in [2.75, 3.05) is 13.1 Å². The summed E-state index contributed by atoms with van der Waals surface area (Å²) in [5.74, 6) is 0.468. The van der Waals surface area contributed by atoms with E-state index in [2.05, 4.69) is 15.5 Å². The second-order valence-electron chi connectivity index (χ2n) is 7.09. The smallest absolute Gasteiger partial charge is 0.276 e. The molecule has 2 aromatic heterocycles. The Labute approximate surface area is 167 Å². The van der Waals surface area contributed by atoms with Gasteiger partial charge in [0.05, 0.1) is 12.2 Å². The number of nitrogens with zero attached hydrogens (tertiary/aromatic N) is 5. The van der Waals surface area contributed by atoms with Gasteiger partial charge in [0, 0.05) is 30.3 Å². The van der Waals surface area contributed by atoms with E-state index in [4.69, 9.17) is 4.52 Å². The number of hydrogen-bond acceptors (Lipinski definition) is 5. The zero-order valence-electron chi connectivity index (χ0n) is 15.7. The predicted molar refractivity (Wildman–Crippen MR) is 107 cm³/mol. The number of amides is 1. The first-order valence-corrected chi connectivity index (χ1v) is 9.56. The van der Waals surface area contributed by atoms with Crippen molar-refractivity contribution in [3.63, 3.8) is 0 Å². The van der Waals surface area contributed by atoms with Gasteiger partial charge in [-0.1, -0.05) is 71.0 Å². The molecule has 5 rings (SSSR count).